The molecular weight excluding hydrogens is 256 g/mol. The van der Waals surface area contributed by atoms with Crippen LogP contribution >= 0.6 is 0 Å². The van der Waals surface area contributed by atoms with Crippen molar-refractivity contribution < 1.29 is 19.4 Å². The van der Waals surface area contributed by atoms with Crippen LogP contribution in [0.5, 0.6) is 5.75 Å². The third-order valence-electron chi connectivity index (χ3n) is 3.00. The first kappa shape index (κ1) is 16.2. The van der Waals surface area contributed by atoms with Gasteiger partial charge in [0.1, 0.15) is 5.75 Å². The average molecular weight is 278 g/mol. The normalized spacial score (nSPS) is 10.6. The van der Waals surface area contributed by atoms with Crippen LogP contribution in [0.15, 0.2) is 24.3 Å². The number of aromatic carboxylic acids is 1. The molecule has 1 aromatic carbocycles. The molecule has 110 valence electrons. The number of hydrogen-bond acceptors (Lipinski definition) is 3. The number of rotatable bonds is 8. The van der Waals surface area contributed by atoms with Gasteiger partial charge < -0.3 is 9.84 Å². The lowest BCUT2D eigenvalue weighted by molar-refractivity contribution is -0.134. The van der Waals surface area contributed by atoms with Crippen molar-refractivity contribution in [2.75, 3.05) is 0 Å². The number of esters is 1. The number of hydrogen-bond donors (Lipinski definition) is 1. The maximum absolute atomic E-state index is 11.6. The number of benzene rings is 1. The molecule has 20 heavy (non-hydrogen) atoms. The summed E-state index contributed by atoms with van der Waals surface area (Å²) < 4.78 is 5.14. The lowest BCUT2D eigenvalue weighted by Gasteiger charge is -2.05. The van der Waals surface area contributed by atoms with E-state index in [1.807, 2.05) is 0 Å². The summed E-state index contributed by atoms with van der Waals surface area (Å²) in [6.45, 7) is 4.38. The SMILES string of the molecule is CC(C)CCCCCC(=O)Oc1ccc(C(=O)O)cc1. The minimum Gasteiger partial charge on any atom is -0.478 e. The third-order valence-corrected chi connectivity index (χ3v) is 3.00. The molecule has 0 aromatic heterocycles. The Balaban J connectivity index is 2.26. The molecule has 0 saturated heterocycles. The van der Waals surface area contributed by atoms with Gasteiger partial charge in [0.05, 0.1) is 5.56 Å². The summed E-state index contributed by atoms with van der Waals surface area (Å²) >= 11 is 0. The van der Waals surface area contributed by atoms with Crippen LogP contribution in [0.3, 0.4) is 0 Å². The van der Waals surface area contributed by atoms with Gasteiger partial charge in [-0.3, -0.25) is 4.79 Å². The largest absolute Gasteiger partial charge is 0.478 e. The van der Waals surface area contributed by atoms with Crippen molar-refractivity contribution in [1.82, 2.24) is 0 Å². The Hall–Kier alpha value is -1.84. The van der Waals surface area contributed by atoms with Crippen molar-refractivity contribution in [2.24, 2.45) is 5.92 Å². The van der Waals surface area contributed by atoms with E-state index in [1.54, 1.807) is 0 Å². The topological polar surface area (TPSA) is 63.6 Å². The highest BCUT2D eigenvalue weighted by Gasteiger charge is 2.06. The number of ether oxygens (including phenoxy) is 1. The average Bonchev–Trinajstić information content (AvgIpc) is 2.38. The molecule has 1 N–H and O–H groups in total. The van der Waals surface area contributed by atoms with Crippen LogP contribution in [-0.4, -0.2) is 17.0 Å². The van der Waals surface area contributed by atoms with E-state index in [-0.39, 0.29) is 11.5 Å². The summed E-state index contributed by atoms with van der Waals surface area (Å²) in [6, 6.07) is 5.85. The molecule has 0 fully saturated rings. The number of unbranched alkanes of at least 4 members (excludes halogenated alkanes) is 2. The van der Waals surface area contributed by atoms with E-state index >= 15 is 0 Å². The molecule has 0 spiro atoms. The van der Waals surface area contributed by atoms with Crippen LogP contribution in [0, 0.1) is 5.92 Å². The van der Waals surface area contributed by atoms with Gasteiger partial charge in [0.25, 0.3) is 0 Å². The standard InChI is InChI=1S/C16H22O4/c1-12(2)6-4-3-5-7-15(17)20-14-10-8-13(9-11-14)16(18)19/h8-12H,3-7H2,1-2H3,(H,18,19). The van der Waals surface area contributed by atoms with Crippen molar-refractivity contribution in [3.63, 3.8) is 0 Å². The van der Waals surface area contributed by atoms with Crippen LogP contribution in [-0.2, 0) is 4.79 Å². The van der Waals surface area contributed by atoms with Crippen molar-refractivity contribution in [2.45, 2.75) is 46.0 Å². The van der Waals surface area contributed by atoms with E-state index in [0.717, 1.165) is 19.3 Å². The minimum atomic E-state index is -0.993. The fourth-order valence-corrected chi connectivity index (χ4v) is 1.85. The Morgan fingerprint density at radius 2 is 1.75 bits per heavy atom. The summed E-state index contributed by atoms with van der Waals surface area (Å²) in [5, 5.41) is 8.76. The summed E-state index contributed by atoms with van der Waals surface area (Å²) in [5.74, 6) is -0.164. The summed E-state index contributed by atoms with van der Waals surface area (Å²) in [4.78, 5) is 22.3. The minimum absolute atomic E-state index is 0.179. The lowest BCUT2D eigenvalue weighted by atomic mass is 10.0. The molecule has 0 aliphatic carbocycles. The van der Waals surface area contributed by atoms with Crippen LogP contribution in [0.25, 0.3) is 0 Å². The molecule has 0 bridgehead atoms. The highest BCUT2D eigenvalue weighted by Crippen LogP contribution is 2.14. The van der Waals surface area contributed by atoms with E-state index < -0.39 is 5.97 Å². The molecule has 4 nitrogen and oxygen atoms in total. The molecule has 0 amide bonds. The van der Waals surface area contributed by atoms with Crippen LogP contribution in [0.4, 0.5) is 0 Å². The monoisotopic (exact) mass is 278 g/mol. The number of carboxylic acid groups (broad SMARTS) is 1. The Morgan fingerprint density at radius 3 is 2.30 bits per heavy atom. The van der Waals surface area contributed by atoms with Gasteiger partial charge >= 0.3 is 11.9 Å². The molecule has 1 aromatic rings. The first-order valence-electron chi connectivity index (χ1n) is 7.03. The predicted octanol–water partition coefficient (Wildman–Crippen LogP) is 3.90. The van der Waals surface area contributed by atoms with Crippen LogP contribution in [0.1, 0.15) is 56.3 Å². The molecule has 0 saturated carbocycles. The molecule has 0 aliphatic rings. The van der Waals surface area contributed by atoms with Gasteiger partial charge in [0.15, 0.2) is 0 Å². The first-order chi connectivity index (χ1) is 9.49. The number of carboxylic acids is 1. The van der Waals surface area contributed by atoms with Gasteiger partial charge in [-0.15, -0.1) is 0 Å². The number of carbonyl (C=O) groups excluding carboxylic acids is 1. The maximum Gasteiger partial charge on any atom is 0.335 e. The van der Waals surface area contributed by atoms with E-state index in [0.29, 0.717) is 18.1 Å². The fourth-order valence-electron chi connectivity index (χ4n) is 1.85. The van der Waals surface area contributed by atoms with Crippen LogP contribution < -0.4 is 4.74 Å². The lowest BCUT2D eigenvalue weighted by Crippen LogP contribution is -2.07. The molecule has 0 atom stereocenters. The van der Waals surface area contributed by atoms with Gasteiger partial charge in [-0.1, -0.05) is 33.1 Å². The van der Waals surface area contributed by atoms with Gasteiger partial charge in [-0.05, 0) is 36.6 Å². The Kier molecular flexibility index (Phi) is 6.77. The van der Waals surface area contributed by atoms with E-state index in [4.69, 9.17) is 9.84 Å². The Labute approximate surface area is 119 Å². The Bertz CT molecular complexity index is 434. The van der Waals surface area contributed by atoms with E-state index in [2.05, 4.69) is 13.8 Å². The molecule has 0 unspecified atom stereocenters. The summed E-state index contributed by atoms with van der Waals surface area (Å²) in [5.41, 5.74) is 0.179. The van der Waals surface area contributed by atoms with Crippen LogP contribution in [0.2, 0.25) is 0 Å². The maximum atomic E-state index is 11.6. The quantitative estimate of drug-likeness (QED) is 0.445. The van der Waals surface area contributed by atoms with E-state index in [1.165, 1.54) is 30.7 Å². The Morgan fingerprint density at radius 1 is 1.10 bits per heavy atom. The third kappa shape index (κ3) is 6.36. The molecular formula is C16H22O4. The van der Waals surface area contributed by atoms with Crippen molar-refractivity contribution in [3.05, 3.63) is 29.8 Å². The number of carbonyl (C=O) groups is 2. The van der Waals surface area contributed by atoms with E-state index in [9.17, 15) is 9.59 Å². The molecule has 4 heteroatoms. The molecule has 0 heterocycles. The van der Waals surface area contributed by atoms with Crippen molar-refractivity contribution in [3.8, 4) is 5.75 Å². The summed E-state index contributed by atoms with van der Waals surface area (Å²) in [6.07, 6.45) is 4.59. The second kappa shape index (κ2) is 8.35. The molecule has 0 aliphatic heterocycles. The highest BCUT2D eigenvalue weighted by atomic mass is 16.5. The second-order valence-electron chi connectivity index (χ2n) is 5.30. The summed E-state index contributed by atoms with van der Waals surface area (Å²) in [7, 11) is 0. The van der Waals surface area contributed by atoms with Gasteiger partial charge in [0.2, 0.25) is 0 Å². The zero-order chi connectivity index (χ0) is 15.0. The van der Waals surface area contributed by atoms with Gasteiger partial charge in [0, 0.05) is 6.42 Å². The van der Waals surface area contributed by atoms with Crippen molar-refractivity contribution in [1.29, 1.82) is 0 Å². The molecule has 0 radical (unpaired) electrons. The smallest absolute Gasteiger partial charge is 0.335 e. The fraction of sp³-hybridized carbons (Fsp3) is 0.500. The zero-order valence-electron chi connectivity index (χ0n) is 12.1. The highest BCUT2D eigenvalue weighted by molar-refractivity contribution is 5.87. The molecule has 1 rings (SSSR count). The van der Waals surface area contributed by atoms with Gasteiger partial charge in [-0.25, -0.2) is 4.79 Å². The zero-order valence-corrected chi connectivity index (χ0v) is 12.1. The van der Waals surface area contributed by atoms with Gasteiger partial charge in [-0.2, -0.15) is 0 Å². The second-order valence-corrected chi connectivity index (χ2v) is 5.30. The van der Waals surface area contributed by atoms with Crippen molar-refractivity contribution >= 4 is 11.9 Å². The first-order valence-corrected chi connectivity index (χ1v) is 7.03. The predicted molar refractivity (Wildman–Crippen MR) is 77.0 cm³/mol.